The van der Waals surface area contributed by atoms with Crippen LogP contribution >= 0.6 is 23.2 Å². The first-order valence-electron chi connectivity index (χ1n) is 6.98. The van der Waals surface area contributed by atoms with Crippen LogP contribution in [0.3, 0.4) is 0 Å². The van der Waals surface area contributed by atoms with Crippen molar-refractivity contribution in [2.45, 2.75) is 20.3 Å². The minimum Gasteiger partial charge on any atom is -0.356 e. The number of hydrogen-bond acceptors (Lipinski definition) is 2. The Morgan fingerprint density at radius 2 is 2.00 bits per heavy atom. The van der Waals surface area contributed by atoms with Crippen molar-refractivity contribution in [2.24, 2.45) is 5.41 Å². The highest BCUT2D eigenvalue weighted by Crippen LogP contribution is 2.36. The molecule has 0 bridgehead atoms. The minimum absolute atomic E-state index is 0.0127. The minimum atomic E-state index is -0.640. The summed E-state index contributed by atoms with van der Waals surface area (Å²) in [4.78, 5) is 23.8. The standard InChI is InChI=1S/C17H17Cl2NO2/c1-11(21)20-9-8-17(2)7-3-4-13(16(17)22)12-5-6-14(18)15(19)10-12/h3-7,10H,8-9H2,1-2H3,(H,20,21). The van der Waals surface area contributed by atoms with Crippen molar-refractivity contribution >= 4 is 40.5 Å². The highest BCUT2D eigenvalue weighted by Gasteiger charge is 2.34. The predicted molar refractivity (Wildman–Crippen MR) is 90.0 cm³/mol. The lowest BCUT2D eigenvalue weighted by Crippen LogP contribution is -2.33. The van der Waals surface area contributed by atoms with Crippen LogP contribution in [-0.4, -0.2) is 18.2 Å². The molecule has 0 radical (unpaired) electrons. The molecule has 116 valence electrons. The fourth-order valence-electron chi connectivity index (χ4n) is 2.40. The molecule has 2 rings (SSSR count). The summed E-state index contributed by atoms with van der Waals surface area (Å²) in [6.07, 6.45) is 6.06. The van der Waals surface area contributed by atoms with E-state index < -0.39 is 5.41 Å². The number of hydrogen-bond donors (Lipinski definition) is 1. The van der Waals surface area contributed by atoms with Gasteiger partial charge >= 0.3 is 0 Å². The van der Waals surface area contributed by atoms with E-state index in [0.29, 0.717) is 28.6 Å². The van der Waals surface area contributed by atoms with Crippen molar-refractivity contribution < 1.29 is 9.59 Å². The SMILES string of the molecule is CC(=O)NCCC1(C)C=CC=C(c2ccc(Cl)c(Cl)c2)C1=O. The molecule has 1 aliphatic carbocycles. The van der Waals surface area contributed by atoms with Gasteiger partial charge in [-0.15, -0.1) is 0 Å². The second-order valence-electron chi connectivity index (χ2n) is 5.55. The van der Waals surface area contributed by atoms with Gasteiger partial charge in [-0.25, -0.2) is 0 Å². The van der Waals surface area contributed by atoms with Gasteiger partial charge in [-0.3, -0.25) is 9.59 Å². The van der Waals surface area contributed by atoms with Crippen LogP contribution in [0.15, 0.2) is 36.4 Å². The van der Waals surface area contributed by atoms with Crippen LogP contribution in [0.1, 0.15) is 25.8 Å². The summed E-state index contributed by atoms with van der Waals surface area (Å²) in [7, 11) is 0. The molecule has 5 heteroatoms. The van der Waals surface area contributed by atoms with Crippen molar-refractivity contribution in [3.8, 4) is 0 Å². The van der Waals surface area contributed by atoms with Gasteiger partial charge in [0, 0.05) is 19.0 Å². The fourth-order valence-corrected chi connectivity index (χ4v) is 2.70. The third-order valence-corrected chi connectivity index (χ3v) is 4.48. The number of halogens is 2. The third kappa shape index (κ3) is 3.60. The zero-order chi connectivity index (χ0) is 16.3. The Balaban J connectivity index is 2.22. The van der Waals surface area contributed by atoms with Crippen molar-refractivity contribution in [3.05, 3.63) is 52.0 Å². The highest BCUT2D eigenvalue weighted by atomic mass is 35.5. The number of benzene rings is 1. The summed E-state index contributed by atoms with van der Waals surface area (Å²) in [6.45, 7) is 3.79. The van der Waals surface area contributed by atoms with Gasteiger partial charge in [0.05, 0.1) is 15.5 Å². The van der Waals surface area contributed by atoms with Crippen molar-refractivity contribution in [2.75, 3.05) is 6.54 Å². The Bertz CT molecular complexity index is 679. The average Bonchev–Trinajstić information content (AvgIpc) is 2.45. The van der Waals surface area contributed by atoms with E-state index in [1.807, 2.05) is 19.1 Å². The fraction of sp³-hybridized carbons (Fsp3) is 0.294. The average molecular weight is 338 g/mol. The molecule has 0 aromatic heterocycles. The number of allylic oxidation sites excluding steroid dienone is 4. The summed E-state index contributed by atoms with van der Waals surface area (Å²) < 4.78 is 0. The van der Waals surface area contributed by atoms with Crippen LogP contribution in [0.4, 0.5) is 0 Å². The number of rotatable bonds is 4. The molecule has 0 heterocycles. The lowest BCUT2D eigenvalue weighted by atomic mass is 9.74. The van der Waals surface area contributed by atoms with Crippen molar-refractivity contribution in [3.63, 3.8) is 0 Å². The Labute approximate surface area is 140 Å². The number of carbonyl (C=O) groups is 2. The first-order valence-corrected chi connectivity index (χ1v) is 7.73. The molecular formula is C17H17Cl2NO2. The van der Waals surface area contributed by atoms with Crippen LogP contribution in [0.2, 0.25) is 10.0 Å². The molecule has 0 spiro atoms. The molecule has 1 aliphatic rings. The molecule has 0 saturated heterocycles. The number of ketones is 1. The lowest BCUT2D eigenvalue weighted by Gasteiger charge is -2.28. The van der Waals surface area contributed by atoms with Crippen LogP contribution < -0.4 is 5.32 Å². The van der Waals surface area contributed by atoms with E-state index in [4.69, 9.17) is 23.2 Å². The summed E-state index contributed by atoms with van der Waals surface area (Å²) >= 11 is 12.0. The predicted octanol–water partition coefficient (Wildman–Crippen LogP) is 4.05. The second-order valence-corrected chi connectivity index (χ2v) is 6.36. The van der Waals surface area contributed by atoms with Crippen LogP contribution in [-0.2, 0) is 9.59 Å². The van der Waals surface area contributed by atoms with Crippen LogP contribution in [0, 0.1) is 5.41 Å². The topological polar surface area (TPSA) is 46.2 Å². The molecule has 0 aliphatic heterocycles. The van der Waals surface area contributed by atoms with Gasteiger partial charge in [-0.1, -0.05) is 47.5 Å². The van der Waals surface area contributed by atoms with E-state index >= 15 is 0 Å². The number of Topliss-reactive ketones (excluding diaryl/α,β-unsaturated/α-hetero) is 1. The maximum atomic E-state index is 12.8. The van der Waals surface area contributed by atoms with Crippen LogP contribution in [0.25, 0.3) is 5.57 Å². The molecular weight excluding hydrogens is 321 g/mol. The maximum Gasteiger partial charge on any atom is 0.216 e. The number of carbonyl (C=O) groups excluding carboxylic acids is 2. The Kier molecular flexibility index (Phi) is 5.09. The monoisotopic (exact) mass is 337 g/mol. The Hall–Kier alpha value is -1.58. The van der Waals surface area contributed by atoms with E-state index in [-0.39, 0.29) is 11.7 Å². The zero-order valence-electron chi connectivity index (χ0n) is 12.5. The van der Waals surface area contributed by atoms with Gasteiger partial charge in [0.1, 0.15) is 0 Å². The van der Waals surface area contributed by atoms with E-state index in [9.17, 15) is 9.59 Å². The van der Waals surface area contributed by atoms with Gasteiger partial charge in [-0.2, -0.15) is 0 Å². The summed E-state index contributed by atoms with van der Waals surface area (Å²) in [5.41, 5.74) is 0.708. The molecule has 0 fully saturated rings. The largest absolute Gasteiger partial charge is 0.356 e. The Morgan fingerprint density at radius 3 is 2.64 bits per heavy atom. The highest BCUT2D eigenvalue weighted by molar-refractivity contribution is 6.42. The molecule has 0 saturated carbocycles. The van der Waals surface area contributed by atoms with Gasteiger partial charge in [-0.05, 0) is 31.0 Å². The summed E-state index contributed by atoms with van der Waals surface area (Å²) in [5.74, 6) is -0.0881. The Morgan fingerprint density at radius 1 is 1.27 bits per heavy atom. The van der Waals surface area contributed by atoms with Crippen molar-refractivity contribution in [1.82, 2.24) is 5.32 Å². The van der Waals surface area contributed by atoms with E-state index in [0.717, 1.165) is 5.56 Å². The normalized spacial score (nSPS) is 20.7. The quantitative estimate of drug-likeness (QED) is 0.900. The zero-order valence-corrected chi connectivity index (χ0v) is 14.0. The summed E-state index contributed by atoms with van der Waals surface area (Å²) in [6, 6.07) is 5.16. The van der Waals surface area contributed by atoms with E-state index in [1.165, 1.54) is 6.92 Å². The molecule has 1 atom stereocenters. The molecule has 1 aromatic rings. The molecule has 22 heavy (non-hydrogen) atoms. The lowest BCUT2D eigenvalue weighted by molar-refractivity contribution is -0.122. The molecule has 1 aromatic carbocycles. The molecule has 1 N–H and O–H groups in total. The number of amides is 1. The molecule has 1 unspecified atom stereocenters. The van der Waals surface area contributed by atoms with Gasteiger partial charge in [0.15, 0.2) is 5.78 Å². The van der Waals surface area contributed by atoms with Crippen LogP contribution in [0.5, 0.6) is 0 Å². The first kappa shape index (κ1) is 16.8. The van der Waals surface area contributed by atoms with Gasteiger partial charge in [0.2, 0.25) is 5.91 Å². The number of nitrogens with one attached hydrogen (secondary N) is 1. The molecule has 3 nitrogen and oxygen atoms in total. The maximum absolute atomic E-state index is 12.8. The van der Waals surface area contributed by atoms with E-state index in [1.54, 1.807) is 24.3 Å². The summed E-state index contributed by atoms with van der Waals surface area (Å²) in [5, 5.41) is 3.60. The second kappa shape index (κ2) is 6.67. The smallest absolute Gasteiger partial charge is 0.216 e. The first-order chi connectivity index (χ1) is 10.3. The van der Waals surface area contributed by atoms with Crippen molar-refractivity contribution in [1.29, 1.82) is 0 Å². The third-order valence-electron chi connectivity index (χ3n) is 3.74. The van der Waals surface area contributed by atoms with Gasteiger partial charge < -0.3 is 5.32 Å². The van der Waals surface area contributed by atoms with E-state index in [2.05, 4.69) is 5.32 Å². The molecule has 1 amide bonds. The van der Waals surface area contributed by atoms with Gasteiger partial charge in [0.25, 0.3) is 0 Å².